The van der Waals surface area contributed by atoms with E-state index in [-0.39, 0.29) is 11.7 Å². The predicted molar refractivity (Wildman–Crippen MR) is 121 cm³/mol. The number of nitrogens with zero attached hydrogens (tertiary/aromatic N) is 1. The number of hydrogen-bond acceptors (Lipinski definition) is 4. The van der Waals surface area contributed by atoms with Gasteiger partial charge in [-0.15, -0.1) is 0 Å². The summed E-state index contributed by atoms with van der Waals surface area (Å²) in [6, 6.07) is 15.2. The Labute approximate surface area is 180 Å². The zero-order valence-corrected chi connectivity index (χ0v) is 18.9. The van der Waals surface area contributed by atoms with Crippen molar-refractivity contribution in [3.8, 4) is 0 Å². The molecule has 5 nitrogen and oxygen atoms in total. The molecule has 1 heterocycles. The molecule has 0 aliphatic carbocycles. The van der Waals surface area contributed by atoms with Crippen molar-refractivity contribution in [3.63, 3.8) is 0 Å². The summed E-state index contributed by atoms with van der Waals surface area (Å²) >= 11 is 0. The molecule has 1 saturated heterocycles. The van der Waals surface area contributed by atoms with E-state index in [1.807, 2.05) is 0 Å². The third kappa shape index (κ3) is 6.96. The van der Waals surface area contributed by atoms with Gasteiger partial charge in [0.1, 0.15) is 0 Å². The summed E-state index contributed by atoms with van der Waals surface area (Å²) in [7, 11) is -3.13. The first kappa shape index (κ1) is 22.5. The minimum Gasteiger partial charge on any atom is -0.348 e. The van der Waals surface area contributed by atoms with E-state index in [0.29, 0.717) is 17.7 Å². The molecular formula is C24H32N2O3S. The quantitative estimate of drug-likeness (QED) is 0.731. The Bertz CT molecular complexity index is 960. The molecule has 162 valence electrons. The van der Waals surface area contributed by atoms with Crippen molar-refractivity contribution in [2.75, 3.05) is 19.3 Å². The number of benzene rings is 2. The van der Waals surface area contributed by atoms with Crippen LogP contribution >= 0.6 is 0 Å². The zero-order chi connectivity index (χ0) is 21.7. The van der Waals surface area contributed by atoms with Crippen LogP contribution in [0.3, 0.4) is 0 Å². The lowest BCUT2D eigenvalue weighted by atomic mass is 9.91. The van der Waals surface area contributed by atoms with Crippen molar-refractivity contribution in [2.24, 2.45) is 11.8 Å². The van der Waals surface area contributed by atoms with Gasteiger partial charge in [-0.3, -0.25) is 9.69 Å². The van der Waals surface area contributed by atoms with Crippen LogP contribution in [0.15, 0.2) is 48.5 Å². The number of rotatable bonds is 7. The highest BCUT2D eigenvalue weighted by atomic mass is 32.2. The highest BCUT2D eigenvalue weighted by molar-refractivity contribution is 7.89. The number of piperidine rings is 1. The van der Waals surface area contributed by atoms with Gasteiger partial charge in [0.25, 0.3) is 5.91 Å². The summed E-state index contributed by atoms with van der Waals surface area (Å²) in [6.45, 7) is 8.36. The van der Waals surface area contributed by atoms with Gasteiger partial charge in [0.15, 0.2) is 9.84 Å². The average Bonchev–Trinajstić information content (AvgIpc) is 2.65. The smallest absolute Gasteiger partial charge is 0.251 e. The van der Waals surface area contributed by atoms with Crippen LogP contribution in [0.5, 0.6) is 0 Å². The molecule has 2 atom stereocenters. The van der Waals surface area contributed by atoms with Crippen molar-refractivity contribution in [2.45, 2.75) is 39.1 Å². The van der Waals surface area contributed by atoms with Crippen LogP contribution in [-0.4, -0.2) is 38.6 Å². The minimum absolute atomic E-state index is 0.0653. The Hall–Kier alpha value is -2.18. The number of carbonyl (C=O) groups excluding carboxylic acids is 1. The Morgan fingerprint density at radius 1 is 1.00 bits per heavy atom. The normalized spacial score (nSPS) is 20.1. The maximum Gasteiger partial charge on any atom is 0.251 e. The van der Waals surface area contributed by atoms with Crippen LogP contribution in [0.4, 0.5) is 0 Å². The Morgan fingerprint density at radius 2 is 1.63 bits per heavy atom. The van der Waals surface area contributed by atoms with Crippen LogP contribution in [0.1, 0.15) is 47.3 Å². The van der Waals surface area contributed by atoms with Crippen LogP contribution in [0.25, 0.3) is 0 Å². The molecule has 0 saturated carbocycles. The van der Waals surface area contributed by atoms with Gasteiger partial charge in [-0.1, -0.05) is 50.2 Å². The standard InChI is InChI=1S/C24H32N2O3S/c1-18-11-19(2)15-26(14-18)16-21-9-7-20(8-10-21)13-25-24(27)23-6-4-5-22(12-23)17-30(3,28)29/h4-10,12,18-19H,11,13-17H2,1-3H3,(H,25,27). The van der Waals surface area contributed by atoms with Gasteiger partial charge in [0.05, 0.1) is 5.75 Å². The molecule has 2 aromatic carbocycles. The molecule has 0 bridgehead atoms. The molecule has 0 aromatic heterocycles. The van der Waals surface area contributed by atoms with Crippen molar-refractivity contribution < 1.29 is 13.2 Å². The molecular weight excluding hydrogens is 396 g/mol. The molecule has 2 aromatic rings. The summed E-state index contributed by atoms with van der Waals surface area (Å²) in [5.74, 6) is 1.23. The fraction of sp³-hybridized carbons (Fsp3) is 0.458. The van der Waals surface area contributed by atoms with Gasteiger partial charge in [0, 0.05) is 38.0 Å². The first-order valence-electron chi connectivity index (χ1n) is 10.5. The molecule has 1 amide bonds. The SMILES string of the molecule is CC1CC(C)CN(Cc2ccc(CNC(=O)c3cccc(CS(C)(=O)=O)c3)cc2)C1. The van der Waals surface area contributed by atoms with E-state index in [2.05, 4.69) is 48.3 Å². The third-order valence-corrected chi connectivity index (χ3v) is 6.30. The van der Waals surface area contributed by atoms with Crippen LogP contribution in [0.2, 0.25) is 0 Å². The van der Waals surface area contributed by atoms with Crippen molar-refractivity contribution in [3.05, 3.63) is 70.8 Å². The summed E-state index contributed by atoms with van der Waals surface area (Å²) in [5, 5.41) is 2.92. The number of nitrogens with one attached hydrogen (secondary N) is 1. The Morgan fingerprint density at radius 3 is 2.27 bits per heavy atom. The lowest BCUT2D eigenvalue weighted by Gasteiger charge is -2.35. The fourth-order valence-corrected chi connectivity index (χ4v) is 5.12. The summed E-state index contributed by atoms with van der Waals surface area (Å²) in [6.07, 6.45) is 2.50. The second-order valence-corrected chi connectivity index (χ2v) is 11.0. The van der Waals surface area contributed by atoms with E-state index >= 15 is 0 Å². The first-order chi connectivity index (χ1) is 14.2. The molecule has 3 rings (SSSR count). The molecule has 30 heavy (non-hydrogen) atoms. The highest BCUT2D eigenvalue weighted by Gasteiger charge is 2.21. The van der Waals surface area contributed by atoms with E-state index < -0.39 is 9.84 Å². The highest BCUT2D eigenvalue weighted by Crippen LogP contribution is 2.22. The van der Waals surface area contributed by atoms with E-state index in [1.54, 1.807) is 24.3 Å². The van der Waals surface area contributed by atoms with Crippen LogP contribution in [0, 0.1) is 11.8 Å². The van der Waals surface area contributed by atoms with Gasteiger partial charge in [-0.25, -0.2) is 8.42 Å². The Kier molecular flexibility index (Phi) is 7.32. The second kappa shape index (κ2) is 9.75. The van der Waals surface area contributed by atoms with E-state index in [1.165, 1.54) is 18.2 Å². The lowest BCUT2D eigenvalue weighted by molar-refractivity contribution is 0.0951. The summed E-state index contributed by atoms with van der Waals surface area (Å²) < 4.78 is 22.9. The molecule has 0 spiro atoms. The van der Waals surface area contributed by atoms with Crippen molar-refractivity contribution in [1.29, 1.82) is 0 Å². The van der Waals surface area contributed by atoms with E-state index in [0.717, 1.165) is 37.0 Å². The molecule has 1 fully saturated rings. The van der Waals surface area contributed by atoms with Crippen LogP contribution in [-0.2, 0) is 28.7 Å². The molecule has 1 N–H and O–H groups in total. The monoisotopic (exact) mass is 428 g/mol. The molecule has 6 heteroatoms. The minimum atomic E-state index is -3.13. The molecule has 1 aliphatic heterocycles. The summed E-state index contributed by atoms with van der Waals surface area (Å²) in [4.78, 5) is 15.0. The lowest BCUT2D eigenvalue weighted by Crippen LogP contribution is -2.38. The van der Waals surface area contributed by atoms with Crippen LogP contribution < -0.4 is 5.32 Å². The average molecular weight is 429 g/mol. The van der Waals surface area contributed by atoms with Gasteiger partial charge in [-0.05, 0) is 47.1 Å². The van der Waals surface area contributed by atoms with E-state index in [9.17, 15) is 13.2 Å². The maximum atomic E-state index is 12.5. The summed E-state index contributed by atoms with van der Waals surface area (Å²) in [5.41, 5.74) is 3.43. The zero-order valence-electron chi connectivity index (χ0n) is 18.1. The van der Waals surface area contributed by atoms with Crippen molar-refractivity contribution in [1.82, 2.24) is 10.2 Å². The Balaban J connectivity index is 1.53. The fourth-order valence-electron chi connectivity index (χ4n) is 4.33. The first-order valence-corrected chi connectivity index (χ1v) is 12.6. The van der Waals surface area contributed by atoms with Gasteiger partial charge < -0.3 is 5.32 Å². The van der Waals surface area contributed by atoms with Gasteiger partial charge in [-0.2, -0.15) is 0 Å². The number of likely N-dealkylation sites (tertiary alicyclic amines) is 1. The number of sulfone groups is 1. The molecule has 0 radical (unpaired) electrons. The number of carbonyl (C=O) groups is 1. The van der Waals surface area contributed by atoms with Crippen molar-refractivity contribution >= 4 is 15.7 Å². The largest absolute Gasteiger partial charge is 0.348 e. The number of hydrogen-bond donors (Lipinski definition) is 1. The van der Waals surface area contributed by atoms with E-state index in [4.69, 9.17) is 0 Å². The molecule has 2 unspecified atom stereocenters. The third-order valence-electron chi connectivity index (χ3n) is 5.44. The van der Waals surface area contributed by atoms with Gasteiger partial charge in [0.2, 0.25) is 0 Å². The molecule has 1 aliphatic rings. The predicted octanol–water partition coefficient (Wildman–Crippen LogP) is 3.64. The maximum absolute atomic E-state index is 12.5. The second-order valence-electron chi connectivity index (χ2n) is 8.91. The topological polar surface area (TPSA) is 66.5 Å². The number of amides is 1. The van der Waals surface area contributed by atoms with Gasteiger partial charge >= 0.3 is 0 Å².